The number of benzene rings is 1. The fourth-order valence-electron chi connectivity index (χ4n) is 2.31. The number of nitrogens with zero attached hydrogens (tertiary/aromatic N) is 1. The van der Waals surface area contributed by atoms with Crippen LogP contribution in [-0.2, 0) is 11.2 Å². The summed E-state index contributed by atoms with van der Waals surface area (Å²) in [5, 5.41) is 2.96. The van der Waals surface area contributed by atoms with Crippen LogP contribution in [0.1, 0.15) is 16.8 Å². The van der Waals surface area contributed by atoms with Crippen LogP contribution in [-0.4, -0.2) is 10.9 Å². The second-order valence-corrected chi connectivity index (χ2v) is 4.70. The fraction of sp³-hybridized carbons (Fsp3) is 0.200. The number of rotatable bonds is 0. The highest BCUT2D eigenvalue weighted by Gasteiger charge is 2.19. The Morgan fingerprint density at radius 1 is 1.17 bits per heavy atom. The molecule has 1 aliphatic heterocycles. The second kappa shape index (κ2) is 3.95. The van der Waals surface area contributed by atoms with Gasteiger partial charge in [-0.1, -0.05) is 6.07 Å². The molecule has 3 nitrogen and oxygen atoms in total. The topological polar surface area (TPSA) is 42.0 Å². The first-order valence-electron chi connectivity index (χ1n) is 6.00. The van der Waals surface area contributed by atoms with Crippen LogP contribution in [0.2, 0.25) is 0 Å². The predicted molar refractivity (Wildman–Crippen MR) is 71.5 cm³/mol. The molecule has 0 spiro atoms. The van der Waals surface area contributed by atoms with Gasteiger partial charge >= 0.3 is 0 Å². The van der Waals surface area contributed by atoms with Crippen molar-refractivity contribution in [2.24, 2.45) is 0 Å². The van der Waals surface area contributed by atoms with Gasteiger partial charge in [-0.2, -0.15) is 0 Å². The van der Waals surface area contributed by atoms with Crippen molar-refractivity contribution in [2.45, 2.75) is 20.3 Å². The lowest BCUT2D eigenvalue weighted by Gasteiger charge is -2.11. The fourth-order valence-corrected chi connectivity index (χ4v) is 2.31. The molecule has 0 saturated heterocycles. The van der Waals surface area contributed by atoms with E-state index in [-0.39, 0.29) is 5.91 Å². The average Bonchev–Trinajstić information content (AvgIpc) is 2.46. The number of pyridine rings is 1. The smallest absolute Gasteiger partial charge is 0.230 e. The SMILES string of the molecule is Cc1cc2c(cc1C)-c1cccnc1CC(=O)N2. The van der Waals surface area contributed by atoms with E-state index in [0.717, 1.165) is 22.5 Å². The molecule has 1 amide bonds. The molecule has 2 heterocycles. The Hall–Kier alpha value is -2.16. The Bertz CT molecular complexity index is 647. The lowest BCUT2D eigenvalue weighted by atomic mass is 9.97. The van der Waals surface area contributed by atoms with E-state index in [1.807, 2.05) is 18.2 Å². The van der Waals surface area contributed by atoms with Crippen LogP contribution >= 0.6 is 0 Å². The zero-order valence-electron chi connectivity index (χ0n) is 10.4. The number of aromatic nitrogens is 1. The largest absolute Gasteiger partial charge is 0.325 e. The summed E-state index contributed by atoms with van der Waals surface area (Å²) in [5.41, 5.74) is 6.24. The van der Waals surface area contributed by atoms with E-state index in [9.17, 15) is 4.79 Å². The Labute approximate surface area is 106 Å². The van der Waals surface area contributed by atoms with Crippen molar-refractivity contribution < 1.29 is 4.79 Å². The molecular weight excluding hydrogens is 224 g/mol. The van der Waals surface area contributed by atoms with E-state index in [1.165, 1.54) is 11.1 Å². The maximum Gasteiger partial charge on any atom is 0.230 e. The summed E-state index contributed by atoms with van der Waals surface area (Å²) >= 11 is 0. The number of carbonyl (C=O) groups excluding carboxylic acids is 1. The minimum Gasteiger partial charge on any atom is -0.325 e. The standard InChI is InChI=1S/C15H14N2O/c1-9-6-12-11-4-3-5-16-13(11)8-15(18)17-14(12)7-10(9)2/h3-7H,8H2,1-2H3,(H,17,18). The van der Waals surface area contributed by atoms with Gasteiger partial charge in [0.15, 0.2) is 0 Å². The first-order chi connectivity index (χ1) is 8.65. The molecular formula is C15H14N2O. The summed E-state index contributed by atoms with van der Waals surface area (Å²) in [6.45, 7) is 4.13. The lowest BCUT2D eigenvalue weighted by Crippen LogP contribution is -2.13. The molecule has 0 atom stereocenters. The third kappa shape index (κ3) is 1.68. The van der Waals surface area contributed by atoms with Crippen LogP contribution in [0.4, 0.5) is 5.69 Å². The van der Waals surface area contributed by atoms with Gasteiger partial charge in [-0.05, 0) is 43.2 Å². The van der Waals surface area contributed by atoms with Crippen molar-refractivity contribution in [1.82, 2.24) is 4.98 Å². The number of nitrogens with one attached hydrogen (secondary N) is 1. The molecule has 18 heavy (non-hydrogen) atoms. The number of amides is 1. The van der Waals surface area contributed by atoms with Crippen LogP contribution in [0, 0.1) is 13.8 Å². The Kier molecular flexibility index (Phi) is 2.40. The summed E-state index contributed by atoms with van der Waals surface area (Å²) in [7, 11) is 0. The maximum absolute atomic E-state index is 11.9. The number of anilines is 1. The second-order valence-electron chi connectivity index (χ2n) is 4.70. The molecule has 3 rings (SSSR count). The molecule has 1 N–H and O–H groups in total. The summed E-state index contributed by atoms with van der Waals surface area (Å²) in [4.78, 5) is 16.2. The van der Waals surface area contributed by atoms with Gasteiger partial charge < -0.3 is 5.32 Å². The highest BCUT2D eigenvalue weighted by atomic mass is 16.1. The van der Waals surface area contributed by atoms with Gasteiger partial charge in [-0.15, -0.1) is 0 Å². The summed E-state index contributed by atoms with van der Waals surface area (Å²) in [5.74, 6) is -0.00282. The van der Waals surface area contributed by atoms with Crippen molar-refractivity contribution in [1.29, 1.82) is 0 Å². The van der Waals surface area contributed by atoms with Crippen LogP contribution in [0.3, 0.4) is 0 Å². The first kappa shape index (κ1) is 11.0. The molecule has 0 radical (unpaired) electrons. The molecule has 1 aliphatic rings. The molecule has 0 fully saturated rings. The van der Waals surface area contributed by atoms with Crippen molar-refractivity contribution in [3.05, 3.63) is 47.3 Å². The third-order valence-electron chi connectivity index (χ3n) is 3.42. The molecule has 0 bridgehead atoms. The van der Waals surface area contributed by atoms with Gasteiger partial charge in [0.1, 0.15) is 0 Å². The molecule has 3 heteroatoms. The van der Waals surface area contributed by atoms with Gasteiger partial charge in [-0.3, -0.25) is 9.78 Å². The van der Waals surface area contributed by atoms with Gasteiger partial charge in [0.25, 0.3) is 0 Å². The quantitative estimate of drug-likeness (QED) is 0.766. The molecule has 90 valence electrons. The Morgan fingerprint density at radius 2 is 1.94 bits per heavy atom. The number of hydrogen-bond donors (Lipinski definition) is 1. The molecule has 1 aromatic carbocycles. The normalized spacial score (nSPS) is 13.3. The number of fused-ring (bicyclic) bond motifs is 3. The van der Waals surface area contributed by atoms with Gasteiger partial charge in [0.05, 0.1) is 12.1 Å². The Balaban J connectivity index is 2.32. The van der Waals surface area contributed by atoms with Crippen LogP contribution in [0.25, 0.3) is 11.1 Å². The van der Waals surface area contributed by atoms with E-state index in [4.69, 9.17) is 0 Å². The minimum atomic E-state index is -0.00282. The van der Waals surface area contributed by atoms with E-state index in [0.29, 0.717) is 6.42 Å². The Morgan fingerprint density at radius 3 is 2.78 bits per heavy atom. The van der Waals surface area contributed by atoms with E-state index in [2.05, 4.69) is 30.2 Å². The van der Waals surface area contributed by atoms with Crippen molar-refractivity contribution >= 4 is 11.6 Å². The number of hydrogen-bond acceptors (Lipinski definition) is 2. The van der Waals surface area contributed by atoms with Crippen LogP contribution in [0.15, 0.2) is 30.5 Å². The van der Waals surface area contributed by atoms with Crippen molar-refractivity contribution in [2.75, 3.05) is 5.32 Å². The lowest BCUT2D eigenvalue weighted by molar-refractivity contribution is -0.115. The summed E-state index contributed by atoms with van der Waals surface area (Å²) in [6.07, 6.45) is 2.07. The van der Waals surface area contributed by atoms with Crippen molar-refractivity contribution in [3.63, 3.8) is 0 Å². The van der Waals surface area contributed by atoms with Gasteiger partial charge in [0.2, 0.25) is 5.91 Å². The highest BCUT2D eigenvalue weighted by molar-refractivity contribution is 6.00. The minimum absolute atomic E-state index is 0.00282. The van der Waals surface area contributed by atoms with Crippen LogP contribution < -0.4 is 5.32 Å². The van der Waals surface area contributed by atoms with E-state index < -0.39 is 0 Å². The summed E-state index contributed by atoms with van der Waals surface area (Å²) in [6, 6.07) is 8.09. The first-order valence-corrected chi connectivity index (χ1v) is 6.00. The molecule has 0 saturated carbocycles. The maximum atomic E-state index is 11.9. The zero-order chi connectivity index (χ0) is 12.7. The van der Waals surface area contributed by atoms with Gasteiger partial charge in [-0.25, -0.2) is 0 Å². The highest BCUT2D eigenvalue weighted by Crippen LogP contribution is 2.34. The van der Waals surface area contributed by atoms with Crippen molar-refractivity contribution in [3.8, 4) is 11.1 Å². The molecule has 1 aromatic heterocycles. The predicted octanol–water partition coefficient (Wildman–Crippen LogP) is 2.86. The summed E-state index contributed by atoms with van der Waals surface area (Å²) < 4.78 is 0. The van der Waals surface area contributed by atoms with Crippen LogP contribution in [0.5, 0.6) is 0 Å². The average molecular weight is 238 g/mol. The monoisotopic (exact) mass is 238 g/mol. The third-order valence-corrected chi connectivity index (χ3v) is 3.42. The number of carbonyl (C=O) groups is 1. The molecule has 0 aliphatic carbocycles. The zero-order valence-corrected chi connectivity index (χ0v) is 10.4. The number of aryl methyl sites for hydroxylation is 2. The van der Waals surface area contributed by atoms with Gasteiger partial charge in [0, 0.05) is 23.0 Å². The molecule has 0 unspecified atom stereocenters. The van der Waals surface area contributed by atoms with E-state index >= 15 is 0 Å². The molecule has 2 aromatic rings. The van der Waals surface area contributed by atoms with E-state index in [1.54, 1.807) is 6.20 Å².